The van der Waals surface area contributed by atoms with Crippen molar-refractivity contribution in [2.45, 2.75) is 26.4 Å². The molecule has 0 aliphatic carbocycles. The number of likely N-dealkylation sites (N-methyl/N-ethyl adjacent to an activating group) is 1. The van der Waals surface area contributed by atoms with Crippen molar-refractivity contribution in [3.63, 3.8) is 0 Å². The molecule has 3 heteroatoms. The van der Waals surface area contributed by atoms with Gasteiger partial charge in [0.1, 0.15) is 12.4 Å². The Morgan fingerprint density at radius 2 is 1.86 bits per heavy atom. The molecule has 0 saturated heterocycles. The molecular weight excluding hydrogens is 282 g/mol. The van der Waals surface area contributed by atoms with Gasteiger partial charge in [0, 0.05) is 11.6 Å². The Kier molecular flexibility index (Phi) is 5.66. The van der Waals surface area contributed by atoms with E-state index in [0.29, 0.717) is 12.5 Å². The molecule has 2 aromatic rings. The van der Waals surface area contributed by atoms with Crippen LogP contribution in [0.3, 0.4) is 0 Å². The highest BCUT2D eigenvalue weighted by Gasteiger charge is 2.05. The second-order valence-electron chi connectivity index (χ2n) is 5.40. The second kappa shape index (κ2) is 7.48. The van der Waals surface area contributed by atoms with Gasteiger partial charge in [0.2, 0.25) is 0 Å². The van der Waals surface area contributed by atoms with E-state index in [1.54, 1.807) is 0 Å². The largest absolute Gasteiger partial charge is 0.489 e. The van der Waals surface area contributed by atoms with E-state index in [1.165, 1.54) is 11.1 Å². The normalized spacial score (nSPS) is 12.2. The van der Waals surface area contributed by atoms with Crippen LogP contribution in [-0.2, 0) is 6.61 Å². The summed E-state index contributed by atoms with van der Waals surface area (Å²) in [7, 11) is 1.98. The summed E-state index contributed by atoms with van der Waals surface area (Å²) < 4.78 is 5.85. The lowest BCUT2D eigenvalue weighted by molar-refractivity contribution is 0.304. The first-order valence-electron chi connectivity index (χ1n) is 7.22. The zero-order chi connectivity index (χ0) is 15.2. The van der Waals surface area contributed by atoms with Gasteiger partial charge in [0.05, 0.1) is 0 Å². The van der Waals surface area contributed by atoms with Gasteiger partial charge >= 0.3 is 0 Å². The maximum atomic E-state index is 5.95. The molecule has 112 valence electrons. The van der Waals surface area contributed by atoms with Crippen molar-refractivity contribution >= 4 is 11.6 Å². The molecule has 1 N–H and O–H groups in total. The molecule has 2 aromatic carbocycles. The second-order valence-corrected chi connectivity index (χ2v) is 5.84. The van der Waals surface area contributed by atoms with Crippen molar-refractivity contribution < 1.29 is 4.74 Å². The molecule has 0 amide bonds. The summed E-state index contributed by atoms with van der Waals surface area (Å²) in [6, 6.07) is 14.3. The smallest absolute Gasteiger partial charge is 0.122 e. The number of benzene rings is 2. The van der Waals surface area contributed by atoms with E-state index in [-0.39, 0.29) is 0 Å². The van der Waals surface area contributed by atoms with Gasteiger partial charge in [-0.25, -0.2) is 0 Å². The molecular formula is C18H22ClNO. The summed E-state index contributed by atoms with van der Waals surface area (Å²) in [5.41, 5.74) is 3.57. The number of halogens is 1. The molecule has 2 nitrogen and oxygen atoms in total. The van der Waals surface area contributed by atoms with Gasteiger partial charge in [0.25, 0.3) is 0 Å². The highest BCUT2D eigenvalue weighted by Crippen LogP contribution is 2.23. The fourth-order valence-corrected chi connectivity index (χ4v) is 2.53. The van der Waals surface area contributed by atoms with E-state index in [1.807, 2.05) is 32.2 Å². The lowest BCUT2D eigenvalue weighted by Gasteiger charge is -2.13. The molecule has 0 spiro atoms. The third-order valence-electron chi connectivity index (χ3n) is 3.59. The first-order valence-corrected chi connectivity index (χ1v) is 7.60. The van der Waals surface area contributed by atoms with Crippen LogP contribution in [-0.4, -0.2) is 13.6 Å². The Balaban J connectivity index is 1.97. The van der Waals surface area contributed by atoms with E-state index in [9.17, 15) is 0 Å². The Labute approximate surface area is 132 Å². The first-order chi connectivity index (χ1) is 10.1. The standard InChI is InChI=1S/C18H22ClNO/c1-13-10-17(19)8-9-18(13)21-12-15-4-6-16(7-5-15)14(2)11-20-3/h4-10,14,20H,11-12H2,1-3H3. The van der Waals surface area contributed by atoms with Crippen LogP contribution >= 0.6 is 11.6 Å². The lowest BCUT2D eigenvalue weighted by Crippen LogP contribution is -2.14. The third kappa shape index (κ3) is 4.48. The predicted octanol–water partition coefficient (Wildman–Crippen LogP) is 4.55. The SMILES string of the molecule is CNCC(C)c1ccc(COc2ccc(Cl)cc2C)cc1. The van der Waals surface area contributed by atoms with Crippen LogP contribution in [0.5, 0.6) is 5.75 Å². The number of rotatable bonds is 6. The quantitative estimate of drug-likeness (QED) is 0.845. The Morgan fingerprint density at radius 3 is 2.48 bits per heavy atom. The molecule has 1 unspecified atom stereocenters. The van der Waals surface area contributed by atoms with E-state index in [0.717, 1.165) is 22.9 Å². The summed E-state index contributed by atoms with van der Waals surface area (Å²) in [6.07, 6.45) is 0. The Morgan fingerprint density at radius 1 is 1.14 bits per heavy atom. The maximum absolute atomic E-state index is 5.95. The molecule has 0 saturated carbocycles. The third-order valence-corrected chi connectivity index (χ3v) is 3.83. The van der Waals surface area contributed by atoms with E-state index in [2.05, 4.69) is 36.5 Å². The van der Waals surface area contributed by atoms with Crippen LogP contribution in [0.2, 0.25) is 5.02 Å². The molecule has 0 radical (unpaired) electrons. The predicted molar refractivity (Wildman–Crippen MR) is 89.3 cm³/mol. The molecule has 0 bridgehead atoms. The molecule has 0 aliphatic heterocycles. The average Bonchev–Trinajstić information content (AvgIpc) is 2.47. The summed E-state index contributed by atoms with van der Waals surface area (Å²) in [6.45, 7) is 5.78. The van der Waals surface area contributed by atoms with Gasteiger partial charge in [-0.1, -0.05) is 42.8 Å². The van der Waals surface area contributed by atoms with E-state index in [4.69, 9.17) is 16.3 Å². The number of hydrogen-bond acceptors (Lipinski definition) is 2. The fraction of sp³-hybridized carbons (Fsp3) is 0.333. The van der Waals surface area contributed by atoms with Gasteiger partial charge in [-0.15, -0.1) is 0 Å². The molecule has 0 aromatic heterocycles. The van der Waals surface area contributed by atoms with Crippen molar-refractivity contribution in [3.8, 4) is 5.75 Å². The van der Waals surface area contributed by atoms with E-state index < -0.39 is 0 Å². The Hall–Kier alpha value is -1.51. The lowest BCUT2D eigenvalue weighted by atomic mass is 10.00. The summed E-state index contributed by atoms with van der Waals surface area (Å²) in [5, 5.41) is 3.94. The monoisotopic (exact) mass is 303 g/mol. The van der Waals surface area contributed by atoms with Gasteiger partial charge in [0.15, 0.2) is 0 Å². The van der Waals surface area contributed by atoms with E-state index >= 15 is 0 Å². The average molecular weight is 304 g/mol. The topological polar surface area (TPSA) is 21.3 Å². The van der Waals surface area contributed by atoms with Crippen LogP contribution < -0.4 is 10.1 Å². The van der Waals surface area contributed by atoms with Crippen LogP contribution in [0.25, 0.3) is 0 Å². The molecule has 2 rings (SSSR count). The van der Waals surface area contributed by atoms with Crippen LogP contribution in [0.1, 0.15) is 29.5 Å². The summed E-state index contributed by atoms with van der Waals surface area (Å²) >= 11 is 5.95. The van der Waals surface area contributed by atoms with Crippen molar-refractivity contribution in [2.75, 3.05) is 13.6 Å². The highest BCUT2D eigenvalue weighted by molar-refractivity contribution is 6.30. The number of hydrogen-bond donors (Lipinski definition) is 1. The van der Waals surface area contributed by atoms with Gasteiger partial charge in [-0.2, -0.15) is 0 Å². The minimum absolute atomic E-state index is 0.517. The summed E-state index contributed by atoms with van der Waals surface area (Å²) in [4.78, 5) is 0. The maximum Gasteiger partial charge on any atom is 0.122 e. The van der Waals surface area contributed by atoms with Crippen molar-refractivity contribution in [2.24, 2.45) is 0 Å². The van der Waals surface area contributed by atoms with Crippen LogP contribution in [0, 0.1) is 6.92 Å². The number of aryl methyl sites for hydroxylation is 1. The molecule has 0 fully saturated rings. The van der Waals surface area contributed by atoms with Crippen molar-refractivity contribution in [3.05, 3.63) is 64.2 Å². The zero-order valence-corrected chi connectivity index (χ0v) is 13.6. The molecule has 1 atom stereocenters. The van der Waals surface area contributed by atoms with Gasteiger partial charge in [-0.05, 0) is 54.8 Å². The first kappa shape index (κ1) is 15.9. The number of ether oxygens (including phenoxy) is 1. The van der Waals surface area contributed by atoms with Crippen LogP contribution in [0.4, 0.5) is 0 Å². The zero-order valence-electron chi connectivity index (χ0n) is 12.8. The van der Waals surface area contributed by atoms with Crippen molar-refractivity contribution in [1.29, 1.82) is 0 Å². The summed E-state index contributed by atoms with van der Waals surface area (Å²) in [5.74, 6) is 1.40. The molecule has 21 heavy (non-hydrogen) atoms. The molecule has 0 aliphatic rings. The highest BCUT2D eigenvalue weighted by atomic mass is 35.5. The molecule has 0 heterocycles. The van der Waals surface area contributed by atoms with Gasteiger partial charge in [-0.3, -0.25) is 0 Å². The minimum atomic E-state index is 0.517. The van der Waals surface area contributed by atoms with Crippen LogP contribution in [0.15, 0.2) is 42.5 Å². The van der Waals surface area contributed by atoms with Crippen molar-refractivity contribution in [1.82, 2.24) is 5.32 Å². The minimum Gasteiger partial charge on any atom is -0.489 e. The Bertz CT molecular complexity index is 580. The fourth-order valence-electron chi connectivity index (χ4n) is 2.30. The number of nitrogens with one attached hydrogen (secondary N) is 1. The van der Waals surface area contributed by atoms with Gasteiger partial charge < -0.3 is 10.1 Å².